The number of methoxy groups -OCH3 is 1. The first-order valence-electron chi connectivity index (χ1n) is 10.2. The molecule has 1 aliphatic rings. The van der Waals surface area contributed by atoms with Crippen molar-refractivity contribution in [2.75, 3.05) is 12.0 Å². The van der Waals surface area contributed by atoms with E-state index in [0.717, 1.165) is 10.5 Å². The number of benzene rings is 3. The van der Waals surface area contributed by atoms with Crippen LogP contribution in [0.15, 0.2) is 72.8 Å². The van der Waals surface area contributed by atoms with E-state index in [9.17, 15) is 14.4 Å². The summed E-state index contributed by atoms with van der Waals surface area (Å²) in [6, 6.07) is 19.1. The second-order valence-corrected chi connectivity index (χ2v) is 8.42. The molecule has 1 heterocycles. The van der Waals surface area contributed by atoms with Crippen molar-refractivity contribution >= 4 is 46.6 Å². The van der Waals surface area contributed by atoms with Crippen molar-refractivity contribution in [2.45, 2.75) is 19.0 Å². The van der Waals surface area contributed by atoms with Gasteiger partial charge in [0.05, 0.1) is 19.2 Å². The Balaban J connectivity index is 1.67. The van der Waals surface area contributed by atoms with Crippen LogP contribution in [0.1, 0.15) is 22.3 Å². The first kappa shape index (κ1) is 22.8. The molecule has 0 radical (unpaired) electrons. The van der Waals surface area contributed by atoms with Gasteiger partial charge in [0.15, 0.2) is 0 Å². The fraction of sp³-hybridized carbons (Fsp3) is 0.160. The Morgan fingerprint density at radius 3 is 2.09 bits per heavy atom. The number of halogens is 2. The Kier molecular flexibility index (Phi) is 6.67. The Bertz CT molecular complexity index is 1180. The Labute approximate surface area is 201 Å². The topological polar surface area (TPSA) is 66.9 Å². The minimum absolute atomic E-state index is 0.113. The molecule has 4 rings (SSSR count). The maximum absolute atomic E-state index is 13.5. The Morgan fingerprint density at radius 1 is 0.939 bits per heavy atom. The van der Waals surface area contributed by atoms with Crippen LogP contribution < -0.4 is 9.64 Å². The zero-order valence-electron chi connectivity index (χ0n) is 17.7. The third kappa shape index (κ3) is 4.87. The predicted octanol–water partition coefficient (Wildman–Crippen LogP) is 4.98. The molecule has 0 aliphatic carbocycles. The number of amides is 3. The molecule has 0 spiro atoms. The Hall–Kier alpha value is -3.35. The van der Waals surface area contributed by atoms with Crippen LogP contribution in [0.25, 0.3) is 0 Å². The number of hydrogen-bond donors (Lipinski definition) is 0. The van der Waals surface area contributed by atoms with Crippen molar-refractivity contribution in [1.29, 1.82) is 0 Å². The zero-order valence-corrected chi connectivity index (χ0v) is 19.2. The lowest BCUT2D eigenvalue weighted by Crippen LogP contribution is -2.45. The molecule has 1 atom stereocenters. The van der Waals surface area contributed by atoms with Gasteiger partial charge in [-0.1, -0.05) is 35.3 Å². The molecule has 1 aliphatic heterocycles. The van der Waals surface area contributed by atoms with Crippen LogP contribution in [0.4, 0.5) is 5.69 Å². The van der Waals surface area contributed by atoms with Gasteiger partial charge in [-0.25, -0.2) is 4.90 Å². The van der Waals surface area contributed by atoms with E-state index in [1.54, 1.807) is 72.8 Å². The quantitative estimate of drug-likeness (QED) is 0.464. The first-order valence-corrected chi connectivity index (χ1v) is 10.9. The first-order chi connectivity index (χ1) is 15.9. The molecule has 0 N–H and O–H groups in total. The molecule has 1 fully saturated rings. The number of carbonyl (C=O) groups is 3. The minimum Gasteiger partial charge on any atom is -0.497 e. The minimum atomic E-state index is -0.946. The van der Waals surface area contributed by atoms with E-state index >= 15 is 0 Å². The fourth-order valence-electron chi connectivity index (χ4n) is 3.73. The van der Waals surface area contributed by atoms with E-state index in [-0.39, 0.29) is 24.8 Å². The molecular weight excluding hydrogens is 463 g/mol. The number of anilines is 1. The number of nitrogens with zero attached hydrogens (tertiary/aromatic N) is 2. The molecule has 3 amide bonds. The fourth-order valence-corrected chi connectivity index (χ4v) is 3.98. The van der Waals surface area contributed by atoms with Gasteiger partial charge in [-0.05, 0) is 66.2 Å². The SMILES string of the molecule is COc1ccc(N2C(=O)C[C@H](N(Cc3ccc(Cl)cc3)C(=O)c3ccc(Cl)cc3)C2=O)cc1. The van der Waals surface area contributed by atoms with E-state index < -0.39 is 11.9 Å². The average Bonchev–Trinajstić information content (AvgIpc) is 3.12. The molecule has 0 saturated carbocycles. The van der Waals surface area contributed by atoms with Crippen LogP contribution in [0, 0.1) is 0 Å². The van der Waals surface area contributed by atoms with Crippen LogP contribution >= 0.6 is 23.2 Å². The van der Waals surface area contributed by atoms with E-state index in [0.29, 0.717) is 27.0 Å². The second kappa shape index (κ2) is 9.65. The average molecular weight is 483 g/mol. The summed E-state index contributed by atoms with van der Waals surface area (Å²) >= 11 is 12.0. The zero-order chi connectivity index (χ0) is 23.5. The molecule has 1 saturated heterocycles. The van der Waals surface area contributed by atoms with E-state index in [2.05, 4.69) is 0 Å². The highest BCUT2D eigenvalue weighted by Crippen LogP contribution is 2.29. The predicted molar refractivity (Wildman–Crippen MR) is 127 cm³/mol. The second-order valence-electron chi connectivity index (χ2n) is 7.55. The molecule has 33 heavy (non-hydrogen) atoms. The van der Waals surface area contributed by atoms with Gasteiger partial charge in [0.2, 0.25) is 5.91 Å². The van der Waals surface area contributed by atoms with Gasteiger partial charge in [-0.15, -0.1) is 0 Å². The van der Waals surface area contributed by atoms with Crippen molar-refractivity contribution in [3.05, 3.63) is 94.0 Å². The molecule has 8 heteroatoms. The highest BCUT2D eigenvalue weighted by molar-refractivity contribution is 6.31. The van der Waals surface area contributed by atoms with E-state index in [4.69, 9.17) is 27.9 Å². The van der Waals surface area contributed by atoms with Crippen LogP contribution in [0.3, 0.4) is 0 Å². The number of carbonyl (C=O) groups excluding carboxylic acids is 3. The van der Waals surface area contributed by atoms with Gasteiger partial charge < -0.3 is 9.64 Å². The molecule has 3 aromatic carbocycles. The Morgan fingerprint density at radius 2 is 1.52 bits per heavy atom. The van der Waals surface area contributed by atoms with Crippen LogP contribution in [0.5, 0.6) is 5.75 Å². The smallest absolute Gasteiger partial charge is 0.257 e. The standard InChI is InChI=1S/C25H20Cl2N2O4/c1-33-21-12-10-20(11-13-21)29-23(30)14-22(25(29)32)28(15-16-2-6-18(26)7-3-16)24(31)17-4-8-19(27)9-5-17/h2-13,22H,14-15H2,1H3/t22-/m0/s1. The maximum atomic E-state index is 13.5. The highest BCUT2D eigenvalue weighted by atomic mass is 35.5. The third-order valence-corrected chi connectivity index (χ3v) is 5.95. The van der Waals surface area contributed by atoms with Gasteiger partial charge >= 0.3 is 0 Å². The third-order valence-electron chi connectivity index (χ3n) is 5.45. The van der Waals surface area contributed by atoms with Crippen LogP contribution in [-0.2, 0) is 16.1 Å². The van der Waals surface area contributed by atoms with Gasteiger partial charge in [0, 0.05) is 22.2 Å². The summed E-state index contributed by atoms with van der Waals surface area (Å²) in [5.74, 6) is -0.595. The van der Waals surface area contributed by atoms with Crippen molar-refractivity contribution in [2.24, 2.45) is 0 Å². The molecule has 168 valence electrons. The van der Waals surface area contributed by atoms with Gasteiger partial charge in [-0.2, -0.15) is 0 Å². The normalized spacial score (nSPS) is 15.6. The molecule has 0 bridgehead atoms. The van der Waals surface area contributed by atoms with Crippen molar-refractivity contribution in [3.63, 3.8) is 0 Å². The van der Waals surface area contributed by atoms with Crippen molar-refractivity contribution < 1.29 is 19.1 Å². The summed E-state index contributed by atoms with van der Waals surface area (Å²) in [6.45, 7) is 0.138. The molecule has 6 nitrogen and oxygen atoms in total. The van der Waals surface area contributed by atoms with Gasteiger partial charge in [-0.3, -0.25) is 14.4 Å². The maximum Gasteiger partial charge on any atom is 0.257 e. The number of imide groups is 1. The molecule has 3 aromatic rings. The lowest BCUT2D eigenvalue weighted by atomic mass is 10.1. The monoisotopic (exact) mass is 482 g/mol. The summed E-state index contributed by atoms with van der Waals surface area (Å²) in [6.07, 6.45) is -0.113. The summed E-state index contributed by atoms with van der Waals surface area (Å²) in [5, 5.41) is 1.06. The summed E-state index contributed by atoms with van der Waals surface area (Å²) in [5.41, 5.74) is 1.58. The highest BCUT2D eigenvalue weighted by Gasteiger charge is 2.44. The number of ether oxygens (including phenoxy) is 1. The summed E-state index contributed by atoms with van der Waals surface area (Å²) < 4.78 is 5.15. The summed E-state index contributed by atoms with van der Waals surface area (Å²) in [4.78, 5) is 42.2. The van der Waals surface area contributed by atoms with Crippen LogP contribution in [-0.4, -0.2) is 35.8 Å². The number of hydrogen-bond acceptors (Lipinski definition) is 4. The molecule has 0 aromatic heterocycles. The van der Waals surface area contributed by atoms with E-state index in [1.807, 2.05) is 0 Å². The van der Waals surface area contributed by atoms with Crippen molar-refractivity contribution in [1.82, 2.24) is 4.90 Å². The van der Waals surface area contributed by atoms with Crippen molar-refractivity contribution in [3.8, 4) is 5.75 Å². The largest absolute Gasteiger partial charge is 0.497 e. The summed E-state index contributed by atoms with van der Waals surface area (Å²) in [7, 11) is 1.54. The molecular formula is C25H20Cl2N2O4. The molecule has 0 unspecified atom stereocenters. The van der Waals surface area contributed by atoms with Gasteiger partial charge in [0.1, 0.15) is 11.8 Å². The lowest BCUT2D eigenvalue weighted by molar-refractivity contribution is -0.122. The van der Waals surface area contributed by atoms with Gasteiger partial charge in [0.25, 0.3) is 11.8 Å². The van der Waals surface area contributed by atoms with E-state index in [1.165, 1.54) is 12.0 Å². The number of rotatable bonds is 6. The lowest BCUT2D eigenvalue weighted by Gasteiger charge is -2.28. The van der Waals surface area contributed by atoms with Crippen LogP contribution in [0.2, 0.25) is 10.0 Å².